The number of hydrogen-bond acceptors (Lipinski definition) is 3. The summed E-state index contributed by atoms with van der Waals surface area (Å²) in [5.41, 5.74) is 1.14. The zero-order chi connectivity index (χ0) is 19.2. The van der Waals surface area contributed by atoms with Crippen molar-refractivity contribution >= 4 is 40.7 Å². The van der Waals surface area contributed by atoms with Crippen molar-refractivity contribution < 1.29 is 9.53 Å². The predicted molar refractivity (Wildman–Crippen MR) is 110 cm³/mol. The summed E-state index contributed by atoms with van der Waals surface area (Å²) >= 11 is 17.9. The van der Waals surface area contributed by atoms with Crippen molar-refractivity contribution in [3.8, 4) is 5.75 Å². The largest absolute Gasteiger partial charge is 0.484 e. The SMILES string of the molecule is O=C(COc1ccc(Cl)cc1)NC1CCN(Cc2ccc(Cl)c(Cl)c2)CC1. The third-order valence-corrected chi connectivity index (χ3v) is 5.52. The molecule has 144 valence electrons. The van der Waals surface area contributed by atoms with Crippen LogP contribution in [0.4, 0.5) is 0 Å². The van der Waals surface area contributed by atoms with Gasteiger partial charge < -0.3 is 10.1 Å². The van der Waals surface area contributed by atoms with Crippen molar-refractivity contribution in [2.24, 2.45) is 0 Å². The molecule has 1 saturated heterocycles. The Hall–Kier alpha value is -1.46. The van der Waals surface area contributed by atoms with Gasteiger partial charge in [-0.05, 0) is 54.8 Å². The first kappa shape index (κ1) is 20.3. The first-order valence-electron chi connectivity index (χ1n) is 8.83. The lowest BCUT2D eigenvalue weighted by Crippen LogP contribution is -2.45. The Morgan fingerprint density at radius 3 is 2.41 bits per heavy atom. The molecule has 2 aromatic rings. The second kappa shape index (κ2) is 9.65. The molecule has 1 N–H and O–H groups in total. The highest BCUT2D eigenvalue weighted by Crippen LogP contribution is 2.24. The minimum Gasteiger partial charge on any atom is -0.484 e. The minimum atomic E-state index is -0.104. The van der Waals surface area contributed by atoms with E-state index >= 15 is 0 Å². The van der Waals surface area contributed by atoms with Crippen LogP contribution < -0.4 is 10.1 Å². The number of hydrogen-bond donors (Lipinski definition) is 1. The molecular weight excluding hydrogens is 407 g/mol. The van der Waals surface area contributed by atoms with E-state index in [1.165, 1.54) is 0 Å². The third-order valence-electron chi connectivity index (χ3n) is 4.53. The van der Waals surface area contributed by atoms with Crippen molar-refractivity contribution in [3.05, 3.63) is 63.1 Å². The Morgan fingerprint density at radius 1 is 1.04 bits per heavy atom. The van der Waals surface area contributed by atoms with Gasteiger partial charge in [-0.1, -0.05) is 40.9 Å². The van der Waals surface area contributed by atoms with Crippen molar-refractivity contribution in [2.75, 3.05) is 19.7 Å². The van der Waals surface area contributed by atoms with Crippen LogP contribution >= 0.6 is 34.8 Å². The molecule has 3 rings (SSSR count). The monoisotopic (exact) mass is 426 g/mol. The molecule has 1 aliphatic rings. The molecule has 1 amide bonds. The summed E-state index contributed by atoms with van der Waals surface area (Å²) in [4.78, 5) is 14.4. The Balaban J connectivity index is 1.39. The van der Waals surface area contributed by atoms with Crippen LogP contribution in [-0.4, -0.2) is 36.5 Å². The maximum Gasteiger partial charge on any atom is 0.258 e. The Morgan fingerprint density at radius 2 is 1.74 bits per heavy atom. The zero-order valence-corrected chi connectivity index (χ0v) is 17.0. The van der Waals surface area contributed by atoms with Gasteiger partial charge in [0.15, 0.2) is 6.61 Å². The number of benzene rings is 2. The first-order chi connectivity index (χ1) is 13.0. The molecule has 1 aliphatic heterocycles. The van der Waals surface area contributed by atoms with E-state index in [2.05, 4.69) is 10.2 Å². The number of piperidine rings is 1. The van der Waals surface area contributed by atoms with Crippen LogP contribution in [0.3, 0.4) is 0 Å². The molecule has 27 heavy (non-hydrogen) atoms. The van der Waals surface area contributed by atoms with Crippen LogP contribution in [0.1, 0.15) is 18.4 Å². The highest BCUT2D eigenvalue weighted by molar-refractivity contribution is 6.42. The lowest BCUT2D eigenvalue weighted by molar-refractivity contribution is -0.124. The number of amides is 1. The number of likely N-dealkylation sites (tertiary alicyclic amines) is 1. The predicted octanol–water partition coefficient (Wildman–Crippen LogP) is 4.81. The summed E-state index contributed by atoms with van der Waals surface area (Å²) < 4.78 is 5.48. The van der Waals surface area contributed by atoms with E-state index in [0.29, 0.717) is 20.8 Å². The van der Waals surface area contributed by atoms with E-state index < -0.39 is 0 Å². The van der Waals surface area contributed by atoms with Crippen molar-refractivity contribution in [1.29, 1.82) is 0 Å². The number of carbonyl (C=O) groups is 1. The average Bonchev–Trinajstić information content (AvgIpc) is 2.66. The number of halogens is 3. The van der Waals surface area contributed by atoms with Gasteiger partial charge in [-0.3, -0.25) is 9.69 Å². The lowest BCUT2D eigenvalue weighted by atomic mass is 10.0. The van der Waals surface area contributed by atoms with Crippen LogP contribution in [-0.2, 0) is 11.3 Å². The molecule has 4 nitrogen and oxygen atoms in total. The summed E-state index contributed by atoms with van der Waals surface area (Å²) in [5.74, 6) is 0.527. The Labute approximate surface area is 174 Å². The van der Waals surface area contributed by atoms with E-state index in [1.54, 1.807) is 24.3 Å². The minimum absolute atomic E-state index is 0.00508. The molecule has 0 spiro atoms. The maximum atomic E-state index is 12.1. The van der Waals surface area contributed by atoms with Crippen molar-refractivity contribution in [1.82, 2.24) is 10.2 Å². The molecule has 0 unspecified atom stereocenters. The fraction of sp³-hybridized carbons (Fsp3) is 0.350. The summed E-state index contributed by atoms with van der Waals surface area (Å²) in [6.45, 7) is 2.68. The second-order valence-electron chi connectivity index (χ2n) is 6.61. The summed E-state index contributed by atoms with van der Waals surface area (Å²) in [7, 11) is 0. The molecule has 0 bridgehead atoms. The summed E-state index contributed by atoms with van der Waals surface area (Å²) in [5, 5.41) is 4.84. The number of nitrogens with one attached hydrogen (secondary N) is 1. The summed E-state index contributed by atoms with van der Waals surface area (Å²) in [6.07, 6.45) is 1.82. The molecule has 0 radical (unpaired) electrons. The molecule has 0 saturated carbocycles. The molecular formula is C20H21Cl3N2O2. The highest BCUT2D eigenvalue weighted by Gasteiger charge is 2.21. The Kier molecular flexibility index (Phi) is 7.25. The molecule has 0 aliphatic carbocycles. The number of rotatable bonds is 6. The fourth-order valence-corrected chi connectivity index (χ4v) is 3.53. The Bertz CT molecular complexity index is 775. The van der Waals surface area contributed by atoms with Gasteiger partial charge in [-0.25, -0.2) is 0 Å². The normalized spacial score (nSPS) is 15.5. The van der Waals surface area contributed by atoms with Gasteiger partial charge in [-0.2, -0.15) is 0 Å². The third kappa shape index (κ3) is 6.28. The lowest BCUT2D eigenvalue weighted by Gasteiger charge is -2.32. The van der Waals surface area contributed by atoms with Crippen LogP contribution in [0.5, 0.6) is 5.75 Å². The smallest absolute Gasteiger partial charge is 0.258 e. The molecule has 7 heteroatoms. The first-order valence-corrected chi connectivity index (χ1v) is 9.97. The molecule has 1 heterocycles. The summed E-state index contributed by atoms with van der Waals surface area (Å²) in [6, 6.07) is 12.9. The quantitative estimate of drug-likeness (QED) is 0.719. The van der Waals surface area contributed by atoms with Crippen LogP contribution in [0, 0.1) is 0 Å². The van der Waals surface area contributed by atoms with E-state index in [1.807, 2.05) is 18.2 Å². The van der Waals surface area contributed by atoms with E-state index in [4.69, 9.17) is 39.5 Å². The topological polar surface area (TPSA) is 41.6 Å². The van der Waals surface area contributed by atoms with E-state index in [-0.39, 0.29) is 18.6 Å². The van der Waals surface area contributed by atoms with E-state index in [0.717, 1.165) is 38.0 Å². The maximum absolute atomic E-state index is 12.1. The van der Waals surface area contributed by atoms with Gasteiger partial charge in [-0.15, -0.1) is 0 Å². The van der Waals surface area contributed by atoms with Gasteiger partial charge in [0, 0.05) is 30.7 Å². The highest BCUT2D eigenvalue weighted by atomic mass is 35.5. The standard InChI is InChI=1S/C20H21Cl3N2O2/c21-15-2-4-17(5-3-15)27-13-20(26)24-16-7-9-25(10-8-16)12-14-1-6-18(22)19(23)11-14/h1-6,11,16H,7-10,12-13H2,(H,24,26). The van der Waals surface area contributed by atoms with Gasteiger partial charge in [0.05, 0.1) is 10.0 Å². The van der Waals surface area contributed by atoms with Gasteiger partial charge >= 0.3 is 0 Å². The van der Waals surface area contributed by atoms with Crippen LogP contribution in [0.2, 0.25) is 15.1 Å². The average molecular weight is 428 g/mol. The van der Waals surface area contributed by atoms with Crippen molar-refractivity contribution in [3.63, 3.8) is 0 Å². The number of nitrogens with zero attached hydrogens (tertiary/aromatic N) is 1. The molecule has 2 aromatic carbocycles. The van der Waals surface area contributed by atoms with Crippen LogP contribution in [0.15, 0.2) is 42.5 Å². The van der Waals surface area contributed by atoms with Crippen molar-refractivity contribution in [2.45, 2.75) is 25.4 Å². The molecule has 1 fully saturated rings. The fourth-order valence-electron chi connectivity index (χ4n) is 3.08. The second-order valence-corrected chi connectivity index (χ2v) is 7.86. The van der Waals surface area contributed by atoms with Gasteiger partial charge in [0.2, 0.25) is 0 Å². The van der Waals surface area contributed by atoms with E-state index in [9.17, 15) is 4.79 Å². The number of carbonyl (C=O) groups excluding carboxylic acids is 1. The van der Waals surface area contributed by atoms with Gasteiger partial charge in [0.1, 0.15) is 5.75 Å². The van der Waals surface area contributed by atoms with Gasteiger partial charge in [0.25, 0.3) is 5.91 Å². The molecule has 0 atom stereocenters. The number of ether oxygens (including phenoxy) is 1. The molecule has 0 aromatic heterocycles. The zero-order valence-electron chi connectivity index (χ0n) is 14.8. The van der Waals surface area contributed by atoms with Crippen LogP contribution in [0.25, 0.3) is 0 Å².